The summed E-state index contributed by atoms with van der Waals surface area (Å²) in [6.45, 7) is 3.99. The fourth-order valence-electron chi connectivity index (χ4n) is 1.69. The molecule has 2 aliphatic rings. The van der Waals surface area contributed by atoms with Crippen molar-refractivity contribution in [2.75, 3.05) is 6.54 Å². The van der Waals surface area contributed by atoms with Gasteiger partial charge in [0.15, 0.2) is 10.7 Å². The minimum Gasteiger partial charge on any atom is -0.366 e. The highest BCUT2D eigenvalue weighted by Gasteiger charge is 2.43. The van der Waals surface area contributed by atoms with Crippen LogP contribution in [0.25, 0.3) is 0 Å². The van der Waals surface area contributed by atoms with Crippen molar-refractivity contribution in [2.24, 2.45) is 9.98 Å². The van der Waals surface area contributed by atoms with Crippen LogP contribution < -0.4 is 0 Å². The van der Waals surface area contributed by atoms with Gasteiger partial charge in [-0.25, -0.2) is 4.99 Å². The summed E-state index contributed by atoms with van der Waals surface area (Å²) >= 11 is 11.4. The van der Waals surface area contributed by atoms with Gasteiger partial charge in [-0.2, -0.15) is 0 Å². The number of rotatable bonds is 1. The minimum atomic E-state index is -1.43. The molecule has 2 heterocycles. The van der Waals surface area contributed by atoms with E-state index in [0.29, 0.717) is 5.84 Å². The van der Waals surface area contributed by atoms with Gasteiger partial charge < -0.3 is 10.0 Å². The number of aliphatic hydroxyl groups is 1. The van der Waals surface area contributed by atoms with Crippen LogP contribution in [0.2, 0.25) is 0 Å². The van der Waals surface area contributed by atoms with Crippen LogP contribution in [-0.2, 0) is 0 Å². The van der Waals surface area contributed by atoms with E-state index in [1.807, 2.05) is 24.9 Å². The molecule has 1 unspecified atom stereocenters. The maximum atomic E-state index is 10.0. The van der Waals surface area contributed by atoms with E-state index in [1.165, 1.54) is 0 Å². The molecule has 0 saturated carbocycles. The quantitative estimate of drug-likeness (QED) is 0.715. The first-order valence-corrected chi connectivity index (χ1v) is 5.41. The van der Waals surface area contributed by atoms with Crippen molar-refractivity contribution in [1.29, 1.82) is 0 Å². The smallest absolute Gasteiger partial charge is 0.206 e. The van der Waals surface area contributed by atoms with Gasteiger partial charge in [-0.3, -0.25) is 4.99 Å². The zero-order chi connectivity index (χ0) is 11.2. The van der Waals surface area contributed by atoms with E-state index in [-0.39, 0.29) is 6.54 Å². The molecule has 0 amide bonds. The van der Waals surface area contributed by atoms with Crippen molar-refractivity contribution >= 4 is 34.7 Å². The zero-order valence-corrected chi connectivity index (χ0v) is 9.92. The fourth-order valence-corrected chi connectivity index (χ4v) is 1.93. The van der Waals surface area contributed by atoms with Gasteiger partial charge in [0.25, 0.3) is 0 Å². The van der Waals surface area contributed by atoms with Gasteiger partial charge in [0.1, 0.15) is 0 Å². The molecule has 2 rings (SSSR count). The molecule has 0 aromatic carbocycles. The van der Waals surface area contributed by atoms with E-state index >= 15 is 0 Å². The molecule has 0 aliphatic carbocycles. The van der Waals surface area contributed by atoms with Crippen molar-refractivity contribution in [3.05, 3.63) is 11.9 Å². The lowest BCUT2D eigenvalue weighted by Gasteiger charge is -2.23. The second-order valence-corrected chi connectivity index (χ2v) is 4.81. The van der Waals surface area contributed by atoms with Crippen molar-refractivity contribution in [3.8, 4) is 0 Å². The van der Waals surface area contributed by atoms with Crippen molar-refractivity contribution in [2.45, 2.75) is 24.4 Å². The van der Waals surface area contributed by atoms with E-state index in [9.17, 15) is 5.11 Å². The third-order valence-electron chi connectivity index (χ3n) is 2.33. The van der Waals surface area contributed by atoms with Gasteiger partial charge in [0, 0.05) is 6.20 Å². The number of hydrogen-bond acceptors (Lipinski definition) is 4. The van der Waals surface area contributed by atoms with Crippen LogP contribution in [0.1, 0.15) is 13.8 Å². The second kappa shape index (κ2) is 3.47. The van der Waals surface area contributed by atoms with Crippen LogP contribution in [0, 0.1) is 0 Å². The van der Waals surface area contributed by atoms with Crippen LogP contribution in [0.5, 0.6) is 0 Å². The molecule has 15 heavy (non-hydrogen) atoms. The Hall–Kier alpha value is -0.580. The number of alkyl halides is 2. The summed E-state index contributed by atoms with van der Waals surface area (Å²) in [5.41, 5.74) is 0.201. The molecule has 0 aromatic heterocycles. The Labute approximate surface area is 97.9 Å². The zero-order valence-electron chi connectivity index (χ0n) is 8.41. The van der Waals surface area contributed by atoms with Gasteiger partial charge in [-0.15, -0.1) is 0 Å². The molecule has 0 saturated heterocycles. The van der Waals surface area contributed by atoms with Crippen LogP contribution in [0.4, 0.5) is 0 Å². The summed E-state index contributed by atoms with van der Waals surface area (Å²) in [4.78, 5) is 9.24. The van der Waals surface area contributed by atoms with E-state index in [2.05, 4.69) is 9.98 Å². The van der Waals surface area contributed by atoms with Crippen molar-refractivity contribution in [3.63, 3.8) is 0 Å². The highest BCUT2D eigenvalue weighted by atomic mass is 35.5. The Morgan fingerprint density at radius 2 is 2.20 bits per heavy atom. The minimum absolute atomic E-state index is 0.268. The summed E-state index contributed by atoms with van der Waals surface area (Å²) in [6, 6.07) is 0. The van der Waals surface area contributed by atoms with Gasteiger partial charge in [-0.1, -0.05) is 23.2 Å². The van der Waals surface area contributed by atoms with E-state index in [0.717, 1.165) is 11.4 Å². The monoisotopic (exact) mass is 247 g/mol. The Balaban J connectivity index is 2.37. The van der Waals surface area contributed by atoms with Gasteiger partial charge in [0.2, 0.25) is 5.72 Å². The summed E-state index contributed by atoms with van der Waals surface area (Å²) in [7, 11) is 0. The molecule has 1 N–H and O–H groups in total. The third-order valence-corrected chi connectivity index (χ3v) is 3.03. The highest BCUT2D eigenvalue weighted by Crippen LogP contribution is 2.30. The average molecular weight is 248 g/mol. The highest BCUT2D eigenvalue weighted by molar-refractivity contribution is 6.46. The predicted molar refractivity (Wildman–Crippen MR) is 61.5 cm³/mol. The molecule has 2 aliphatic heterocycles. The molecule has 0 spiro atoms. The van der Waals surface area contributed by atoms with E-state index in [1.54, 1.807) is 0 Å². The third kappa shape index (κ3) is 1.77. The van der Waals surface area contributed by atoms with Crippen LogP contribution in [-0.4, -0.2) is 38.7 Å². The Morgan fingerprint density at radius 3 is 2.80 bits per heavy atom. The predicted octanol–water partition coefficient (Wildman–Crippen LogP) is 1.53. The first kappa shape index (κ1) is 10.9. The maximum Gasteiger partial charge on any atom is 0.206 e. The molecular formula is C9H11Cl2N3O. The fraction of sp³-hybridized carbons (Fsp3) is 0.556. The lowest BCUT2D eigenvalue weighted by molar-refractivity contribution is 0.0647. The molecule has 6 heteroatoms. The van der Waals surface area contributed by atoms with Crippen molar-refractivity contribution < 1.29 is 5.11 Å². The lowest BCUT2D eigenvalue weighted by atomic mass is 10.2. The number of nitrogens with zero attached hydrogens (tertiary/aromatic N) is 3. The summed E-state index contributed by atoms with van der Waals surface area (Å²) in [5.74, 6) is 0.634. The lowest BCUT2D eigenvalue weighted by Crippen LogP contribution is -2.39. The van der Waals surface area contributed by atoms with Gasteiger partial charge in [-0.05, 0) is 13.8 Å². The number of halogens is 2. The molecule has 0 fully saturated rings. The number of amidine groups is 1. The molecular weight excluding hydrogens is 237 g/mol. The first-order chi connectivity index (χ1) is 6.92. The van der Waals surface area contributed by atoms with Crippen molar-refractivity contribution in [1.82, 2.24) is 4.90 Å². The Kier molecular flexibility index (Phi) is 2.53. The van der Waals surface area contributed by atoms with E-state index in [4.69, 9.17) is 23.2 Å². The SMILES string of the molecule is CC1=CN2CC(O)(C(Cl)Cl)N=C2C(C)=N1. The number of fused-ring (bicyclic) bond motifs is 1. The maximum absolute atomic E-state index is 10.0. The normalized spacial score (nSPS) is 30.0. The molecule has 1 atom stereocenters. The Morgan fingerprint density at radius 1 is 1.53 bits per heavy atom. The number of aliphatic imine (C=N–C) groups is 2. The van der Waals surface area contributed by atoms with Crippen LogP contribution >= 0.6 is 23.2 Å². The van der Waals surface area contributed by atoms with Gasteiger partial charge in [0.05, 0.1) is 18.0 Å². The molecule has 0 bridgehead atoms. The Bertz CT molecular complexity index is 389. The molecule has 0 aromatic rings. The largest absolute Gasteiger partial charge is 0.366 e. The standard InChI is InChI=1S/C9H11Cl2N3O/c1-5-3-14-4-9(15,8(10)11)13-7(14)6(2)12-5/h3,8,15H,4H2,1-2H3. The summed E-state index contributed by atoms with van der Waals surface area (Å²) < 4.78 is 0. The summed E-state index contributed by atoms with van der Waals surface area (Å²) in [6.07, 6.45) is 1.82. The topological polar surface area (TPSA) is 48.2 Å². The molecule has 0 radical (unpaired) electrons. The second-order valence-electron chi connectivity index (χ2n) is 3.71. The average Bonchev–Trinajstić information content (AvgIpc) is 2.43. The number of hydrogen-bond donors (Lipinski definition) is 1. The van der Waals surface area contributed by atoms with Crippen LogP contribution in [0.3, 0.4) is 0 Å². The van der Waals surface area contributed by atoms with Crippen LogP contribution in [0.15, 0.2) is 21.9 Å². The van der Waals surface area contributed by atoms with Gasteiger partial charge >= 0.3 is 0 Å². The molecule has 82 valence electrons. The number of allylic oxidation sites excluding steroid dienone is 1. The summed E-state index contributed by atoms with van der Waals surface area (Å²) in [5, 5.41) is 10.0. The van der Waals surface area contributed by atoms with E-state index < -0.39 is 10.6 Å². The first-order valence-electron chi connectivity index (χ1n) is 4.53. The molecule has 4 nitrogen and oxygen atoms in total.